The molecule has 0 saturated heterocycles. The molecule has 5 rings (SSSR count). The number of furan rings is 1. The number of carbonyl (C=O) groups excluding carboxylic acids is 2. The van der Waals surface area contributed by atoms with Gasteiger partial charge in [-0.05, 0) is 85.9 Å². The molecular formula is C34H32N4O4. The van der Waals surface area contributed by atoms with Crippen LogP contribution < -0.4 is 4.74 Å². The maximum Gasteiger partial charge on any atom is 0.272 e. The third kappa shape index (κ3) is 5.81. The minimum absolute atomic E-state index is 0.0753. The Morgan fingerprint density at radius 1 is 1.05 bits per heavy atom. The van der Waals surface area contributed by atoms with Crippen molar-refractivity contribution < 1.29 is 18.7 Å². The predicted octanol–water partition coefficient (Wildman–Crippen LogP) is 6.66. The topological polar surface area (TPSA) is 101 Å². The van der Waals surface area contributed by atoms with Crippen LogP contribution in [0.25, 0.3) is 23.0 Å². The van der Waals surface area contributed by atoms with Gasteiger partial charge in [0.25, 0.3) is 11.8 Å². The van der Waals surface area contributed by atoms with E-state index in [4.69, 9.17) is 14.3 Å². The summed E-state index contributed by atoms with van der Waals surface area (Å²) in [4.78, 5) is 27.9. The minimum atomic E-state index is -0.641. The number of hydrogen-bond donors (Lipinski definition) is 0. The molecule has 0 fully saturated rings. The fraction of sp³-hybridized carbons (Fsp3) is 0.235. The molecule has 0 radical (unpaired) electrons. The summed E-state index contributed by atoms with van der Waals surface area (Å²) in [6, 6.07) is 20.9. The third-order valence-electron chi connectivity index (χ3n) is 7.18. The standard InChI is InChI=1S/C34H32N4O4/c1-22(2)14-16-42-31-13-12-25(17-23(31)3)32-26(20-38(36-32)27-9-6-5-7-10-27)18-29-24(4)30(19-35)34(40)37(33(29)39)21-28-11-8-15-41-28/h5-13,15,17-18,20,22H,14,16,21H2,1-4H3/b29-18+. The summed E-state index contributed by atoms with van der Waals surface area (Å²) in [6.07, 6.45) is 6.00. The fourth-order valence-electron chi connectivity index (χ4n) is 4.78. The summed E-state index contributed by atoms with van der Waals surface area (Å²) in [5, 5.41) is 14.7. The second-order valence-corrected chi connectivity index (χ2v) is 10.7. The average molecular weight is 561 g/mol. The van der Waals surface area contributed by atoms with E-state index < -0.39 is 11.8 Å². The van der Waals surface area contributed by atoms with Gasteiger partial charge in [-0.3, -0.25) is 14.5 Å². The Bertz CT molecular complexity index is 1720. The Balaban J connectivity index is 1.60. The molecule has 0 bridgehead atoms. The van der Waals surface area contributed by atoms with Gasteiger partial charge >= 0.3 is 0 Å². The van der Waals surface area contributed by atoms with E-state index in [1.165, 1.54) is 6.26 Å². The molecule has 1 aliphatic rings. The van der Waals surface area contributed by atoms with E-state index in [1.807, 2.05) is 67.7 Å². The van der Waals surface area contributed by atoms with Crippen molar-refractivity contribution in [3.05, 3.63) is 107 Å². The highest BCUT2D eigenvalue weighted by Crippen LogP contribution is 2.33. The van der Waals surface area contributed by atoms with Crippen molar-refractivity contribution in [2.75, 3.05) is 6.61 Å². The summed E-state index contributed by atoms with van der Waals surface area (Å²) in [5.74, 6) is 0.660. The molecular weight excluding hydrogens is 528 g/mol. The number of benzene rings is 2. The van der Waals surface area contributed by atoms with Crippen molar-refractivity contribution in [1.82, 2.24) is 14.7 Å². The van der Waals surface area contributed by atoms with E-state index in [1.54, 1.807) is 29.8 Å². The number of carbonyl (C=O) groups is 2. The van der Waals surface area contributed by atoms with Gasteiger partial charge in [0.15, 0.2) is 0 Å². The first-order valence-electron chi connectivity index (χ1n) is 13.9. The van der Waals surface area contributed by atoms with Crippen LogP contribution in [0.3, 0.4) is 0 Å². The molecule has 2 amide bonds. The van der Waals surface area contributed by atoms with Crippen LogP contribution in [0.2, 0.25) is 0 Å². The van der Waals surface area contributed by atoms with E-state index >= 15 is 0 Å². The monoisotopic (exact) mass is 560 g/mol. The number of hydrogen-bond acceptors (Lipinski definition) is 6. The van der Waals surface area contributed by atoms with Crippen LogP contribution in [0.5, 0.6) is 5.75 Å². The van der Waals surface area contributed by atoms with E-state index in [2.05, 4.69) is 13.8 Å². The van der Waals surface area contributed by atoms with Crippen molar-refractivity contribution in [3.8, 4) is 28.8 Å². The SMILES string of the molecule is CC1=C(C#N)C(=O)N(Cc2ccco2)C(=O)/C1=C/c1cn(-c2ccccc2)nc1-c1ccc(OCCC(C)C)c(C)c1. The van der Waals surface area contributed by atoms with Crippen molar-refractivity contribution in [1.29, 1.82) is 5.26 Å². The van der Waals surface area contributed by atoms with Crippen molar-refractivity contribution in [2.45, 2.75) is 40.7 Å². The van der Waals surface area contributed by atoms with Gasteiger partial charge in [0.05, 0.1) is 30.8 Å². The normalized spacial score (nSPS) is 14.7. The fourth-order valence-corrected chi connectivity index (χ4v) is 4.78. The number of imide groups is 1. The smallest absolute Gasteiger partial charge is 0.272 e. The average Bonchev–Trinajstić information content (AvgIpc) is 3.65. The van der Waals surface area contributed by atoms with Crippen molar-refractivity contribution in [3.63, 3.8) is 0 Å². The summed E-state index contributed by atoms with van der Waals surface area (Å²) >= 11 is 0. The zero-order chi connectivity index (χ0) is 29.8. The summed E-state index contributed by atoms with van der Waals surface area (Å²) in [6.45, 7) is 8.51. The number of nitrogens with zero attached hydrogens (tertiary/aromatic N) is 4. The zero-order valence-corrected chi connectivity index (χ0v) is 24.1. The highest BCUT2D eigenvalue weighted by molar-refractivity contribution is 6.19. The van der Waals surface area contributed by atoms with Crippen LogP contribution >= 0.6 is 0 Å². The van der Waals surface area contributed by atoms with E-state index in [0.717, 1.165) is 33.9 Å². The molecule has 42 heavy (non-hydrogen) atoms. The Morgan fingerprint density at radius 2 is 1.83 bits per heavy atom. The van der Waals surface area contributed by atoms with Crippen LogP contribution in [0, 0.1) is 24.2 Å². The number of nitriles is 1. The largest absolute Gasteiger partial charge is 0.493 e. The lowest BCUT2D eigenvalue weighted by atomic mass is 9.93. The number of amides is 2. The third-order valence-corrected chi connectivity index (χ3v) is 7.18. The molecule has 0 unspecified atom stereocenters. The van der Waals surface area contributed by atoms with Crippen LogP contribution in [-0.2, 0) is 16.1 Å². The molecule has 8 heteroatoms. The highest BCUT2D eigenvalue weighted by atomic mass is 16.5. The van der Waals surface area contributed by atoms with Gasteiger partial charge in [-0.2, -0.15) is 10.4 Å². The first kappa shape index (κ1) is 28.4. The summed E-state index contributed by atoms with van der Waals surface area (Å²) in [7, 11) is 0. The van der Waals surface area contributed by atoms with Crippen LogP contribution in [-0.4, -0.2) is 33.1 Å². The summed E-state index contributed by atoms with van der Waals surface area (Å²) < 4.78 is 13.2. The van der Waals surface area contributed by atoms with E-state index in [-0.39, 0.29) is 17.7 Å². The zero-order valence-electron chi connectivity index (χ0n) is 24.1. The van der Waals surface area contributed by atoms with Crippen molar-refractivity contribution >= 4 is 17.9 Å². The minimum Gasteiger partial charge on any atom is -0.493 e. The second kappa shape index (κ2) is 12.1. The first-order chi connectivity index (χ1) is 20.3. The van der Waals surface area contributed by atoms with Gasteiger partial charge in [-0.15, -0.1) is 0 Å². The molecule has 0 atom stereocenters. The second-order valence-electron chi connectivity index (χ2n) is 10.7. The lowest BCUT2D eigenvalue weighted by Gasteiger charge is -2.26. The Labute approximate surface area is 245 Å². The summed E-state index contributed by atoms with van der Waals surface area (Å²) in [5.41, 5.74) is 4.47. The van der Waals surface area contributed by atoms with Gasteiger partial charge in [-0.1, -0.05) is 32.0 Å². The highest BCUT2D eigenvalue weighted by Gasteiger charge is 2.36. The molecule has 0 spiro atoms. The molecule has 0 saturated carbocycles. The van der Waals surface area contributed by atoms with Gasteiger partial charge in [0.2, 0.25) is 0 Å². The van der Waals surface area contributed by atoms with E-state index in [0.29, 0.717) is 35.1 Å². The number of aromatic nitrogens is 2. The first-order valence-corrected chi connectivity index (χ1v) is 13.9. The molecule has 212 valence electrons. The van der Waals surface area contributed by atoms with Crippen LogP contribution in [0.15, 0.2) is 94.3 Å². The lowest BCUT2D eigenvalue weighted by molar-refractivity contribution is -0.141. The predicted molar refractivity (Wildman–Crippen MR) is 159 cm³/mol. The van der Waals surface area contributed by atoms with Gasteiger partial charge in [-0.25, -0.2) is 4.68 Å². The molecule has 2 aromatic carbocycles. The molecule has 3 heterocycles. The number of para-hydroxylation sites is 1. The number of aryl methyl sites for hydroxylation is 1. The Kier molecular flexibility index (Phi) is 8.21. The number of rotatable bonds is 9. The molecule has 4 aromatic rings. The van der Waals surface area contributed by atoms with Gasteiger partial charge < -0.3 is 9.15 Å². The molecule has 0 aliphatic carbocycles. The van der Waals surface area contributed by atoms with Crippen molar-refractivity contribution in [2.24, 2.45) is 5.92 Å². The molecule has 0 N–H and O–H groups in total. The number of ether oxygens (including phenoxy) is 1. The Morgan fingerprint density at radius 3 is 2.50 bits per heavy atom. The Hall–Kier alpha value is -5.16. The maximum atomic E-state index is 13.7. The molecule has 8 nitrogen and oxygen atoms in total. The van der Waals surface area contributed by atoms with Crippen LogP contribution in [0.1, 0.15) is 44.1 Å². The quantitative estimate of drug-likeness (QED) is 0.168. The molecule has 2 aromatic heterocycles. The van der Waals surface area contributed by atoms with Crippen LogP contribution in [0.4, 0.5) is 0 Å². The maximum absolute atomic E-state index is 13.7. The van der Waals surface area contributed by atoms with E-state index in [9.17, 15) is 14.9 Å². The molecule has 1 aliphatic heterocycles. The van der Waals surface area contributed by atoms with Gasteiger partial charge in [0, 0.05) is 22.9 Å². The van der Waals surface area contributed by atoms with Gasteiger partial charge in [0.1, 0.15) is 23.2 Å². The lowest BCUT2D eigenvalue weighted by Crippen LogP contribution is -2.42.